The van der Waals surface area contributed by atoms with E-state index in [0.717, 1.165) is 30.6 Å². The molecule has 6 heteroatoms. The molecule has 0 bridgehead atoms. The summed E-state index contributed by atoms with van der Waals surface area (Å²) in [6.07, 6.45) is 4.80. The highest BCUT2D eigenvalue weighted by Gasteiger charge is 2.41. The first-order valence-corrected chi connectivity index (χ1v) is 7.33. The second-order valence-electron chi connectivity index (χ2n) is 3.98. The molecule has 0 saturated heterocycles. The molecule has 0 atom stereocenters. The van der Waals surface area contributed by atoms with Crippen LogP contribution in [0.2, 0.25) is 0 Å². The zero-order valence-corrected chi connectivity index (χ0v) is 10.2. The van der Waals surface area contributed by atoms with E-state index in [9.17, 15) is 8.42 Å². The molecule has 0 spiro atoms. The summed E-state index contributed by atoms with van der Waals surface area (Å²) in [7, 11) is -3.36. The number of hydrogen-bond acceptors (Lipinski definition) is 4. The van der Waals surface area contributed by atoms with Crippen LogP contribution in [-0.2, 0) is 10.0 Å². The van der Waals surface area contributed by atoms with Crippen molar-refractivity contribution in [2.24, 2.45) is 5.41 Å². The maximum atomic E-state index is 11.7. The Hall–Kier alpha value is -0.460. The third kappa shape index (κ3) is 2.38. The number of nitrogens with zero attached hydrogens (tertiary/aromatic N) is 1. The molecule has 84 valence electrons. The molecule has 0 aliphatic heterocycles. The predicted molar refractivity (Wildman–Crippen MR) is 59.3 cm³/mol. The molecule has 1 saturated carbocycles. The summed E-state index contributed by atoms with van der Waals surface area (Å²) in [5, 5.41) is 1.67. The standard InChI is InChI=1S/C9H14N2O2S2/c1-2-9(3-4-9)7-11-15(12,13)8-10-5-6-14-8/h5-6,11H,2-4,7H2,1H3. The van der Waals surface area contributed by atoms with Crippen molar-refractivity contribution in [3.05, 3.63) is 11.6 Å². The van der Waals surface area contributed by atoms with Crippen molar-refractivity contribution in [3.8, 4) is 0 Å². The molecular formula is C9H14N2O2S2. The first kappa shape index (κ1) is 11.0. The number of nitrogens with one attached hydrogen (secondary N) is 1. The van der Waals surface area contributed by atoms with Crippen LogP contribution in [0, 0.1) is 5.41 Å². The molecule has 0 radical (unpaired) electrons. The van der Waals surface area contributed by atoms with Crippen molar-refractivity contribution in [3.63, 3.8) is 0 Å². The van der Waals surface area contributed by atoms with Gasteiger partial charge in [-0.15, -0.1) is 11.3 Å². The second kappa shape index (κ2) is 3.84. The third-order valence-corrected chi connectivity index (χ3v) is 5.59. The highest BCUT2D eigenvalue weighted by molar-refractivity contribution is 7.91. The minimum atomic E-state index is -3.36. The van der Waals surface area contributed by atoms with Crippen molar-refractivity contribution >= 4 is 21.4 Å². The fourth-order valence-electron chi connectivity index (χ4n) is 1.49. The van der Waals surface area contributed by atoms with Crippen LogP contribution in [0.25, 0.3) is 0 Å². The fraction of sp³-hybridized carbons (Fsp3) is 0.667. The summed E-state index contributed by atoms with van der Waals surface area (Å²) < 4.78 is 26.2. The van der Waals surface area contributed by atoms with Crippen molar-refractivity contribution in [1.82, 2.24) is 9.71 Å². The Balaban J connectivity index is 2.00. The van der Waals surface area contributed by atoms with Gasteiger partial charge in [-0.05, 0) is 24.7 Å². The Morgan fingerprint density at radius 1 is 1.60 bits per heavy atom. The number of sulfonamides is 1. The third-order valence-electron chi connectivity index (χ3n) is 2.98. The number of thiazole rings is 1. The molecule has 1 N–H and O–H groups in total. The molecule has 1 fully saturated rings. The Morgan fingerprint density at radius 3 is 2.80 bits per heavy atom. The maximum absolute atomic E-state index is 11.7. The Morgan fingerprint density at radius 2 is 2.33 bits per heavy atom. The predicted octanol–water partition coefficient (Wildman–Crippen LogP) is 1.61. The highest BCUT2D eigenvalue weighted by Crippen LogP contribution is 2.48. The fourth-order valence-corrected chi connectivity index (χ4v) is 3.51. The normalized spacial score (nSPS) is 19.0. The lowest BCUT2D eigenvalue weighted by Gasteiger charge is -2.12. The maximum Gasteiger partial charge on any atom is 0.267 e. The van der Waals surface area contributed by atoms with Crippen molar-refractivity contribution < 1.29 is 8.42 Å². The van der Waals surface area contributed by atoms with E-state index in [1.165, 1.54) is 6.20 Å². The average Bonchev–Trinajstić information content (AvgIpc) is 2.77. The summed E-state index contributed by atoms with van der Waals surface area (Å²) >= 11 is 1.15. The number of hydrogen-bond donors (Lipinski definition) is 1. The second-order valence-corrected chi connectivity index (χ2v) is 6.81. The van der Waals surface area contributed by atoms with Crippen LogP contribution in [0.15, 0.2) is 15.9 Å². The topological polar surface area (TPSA) is 59.1 Å². The zero-order valence-electron chi connectivity index (χ0n) is 8.56. The van der Waals surface area contributed by atoms with Crippen molar-refractivity contribution in [1.29, 1.82) is 0 Å². The van der Waals surface area contributed by atoms with Crippen LogP contribution >= 0.6 is 11.3 Å². The SMILES string of the molecule is CCC1(CNS(=O)(=O)c2nccs2)CC1. The molecule has 0 amide bonds. The molecular weight excluding hydrogens is 232 g/mol. The highest BCUT2D eigenvalue weighted by atomic mass is 32.2. The summed E-state index contributed by atoms with van der Waals surface area (Å²) in [5.74, 6) is 0. The first-order chi connectivity index (χ1) is 7.08. The van der Waals surface area contributed by atoms with E-state index in [4.69, 9.17) is 0 Å². The van der Waals surface area contributed by atoms with Gasteiger partial charge in [-0.3, -0.25) is 0 Å². The van der Waals surface area contributed by atoms with Gasteiger partial charge in [0.1, 0.15) is 0 Å². The molecule has 1 heterocycles. The van der Waals surface area contributed by atoms with E-state index >= 15 is 0 Å². The molecule has 0 aromatic carbocycles. The summed E-state index contributed by atoms with van der Waals surface area (Å²) in [4.78, 5) is 3.80. The minimum Gasteiger partial charge on any atom is -0.233 e. The number of aromatic nitrogens is 1. The average molecular weight is 246 g/mol. The quantitative estimate of drug-likeness (QED) is 0.858. The molecule has 2 rings (SSSR count). The summed E-state index contributed by atoms with van der Waals surface area (Å²) in [5.41, 5.74) is 0.227. The lowest BCUT2D eigenvalue weighted by atomic mass is 10.1. The van der Waals surface area contributed by atoms with Gasteiger partial charge in [0.25, 0.3) is 10.0 Å². The first-order valence-electron chi connectivity index (χ1n) is 4.97. The summed E-state index contributed by atoms with van der Waals surface area (Å²) in [6.45, 7) is 2.65. The number of rotatable bonds is 5. The van der Waals surface area contributed by atoms with Gasteiger partial charge in [0.2, 0.25) is 4.34 Å². The Labute approximate surface area is 93.8 Å². The van der Waals surface area contributed by atoms with Gasteiger partial charge in [-0.1, -0.05) is 6.92 Å². The van der Waals surface area contributed by atoms with Crippen LogP contribution in [0.4, 0.5) is 0 Å². The van der Waals surface area contributed by atoms with E-state index in [2.05, 4.69) is 16.6 Å². The molecule has 1 aliphatic rings. The minimum absolute atomic E-state index is 0.161. The lowest BCUT2D eigenvalue weighted by Crippen LogP contribution is -2.30. The van der Waals surface area contributed by atoms with Crippen LogP contribution in [0.3, 0.4) is 0 Å². The lowest BCUT2D eigenvalue weighted by molar-refractivity contribution is 0.475. The Kier molecular flexibility index (Phi) is 2.83. The van der Waals surface area contributed by atoms with Gasteiger partial charge in [0, 0.05) is 18.1 Å². The van der Waals surface area contributed by atoms with E-state index < -0.39 is 10.0 Å². The molecule has 1 aliphatic carbocycles. The van der Waals surface area contributed by atoms with Crippen LogP contribution in [-0.4, -0.2) is 19.9 Å². The zero-order chi connectivity index (χ0) is 10.9. The molecule has 15 heavy (non-hydrogen) atoms. The monoisotopic (exact) mass is 246 g/mol. The molecule has 1 aromatic heterocycles. The molecule has 1 aromatic rings. The largest absolute Gasteiger partial charge is 0.267 e. The molecule has 0 unspecified atom stereocenters. The van der Waals surface area contributed by atoms with Gasteiger partial charge >= 0.3 is 0 Å². The van der Waals surface area contributed by atoms with Gasteiger partial charge < -0.3 is 0 Å². The van der Waals surface area contributed by atoms with E-state index in [1.807, 2.05) is 0 Å². The van der Waals surface area contributed by atoms with Gasteiger partial charge in [-0.25, -0.2) is 18.1 Å². The van der Waals surface area contributed by atoms with E-state index in [0.29, 0.717) is 6.54 Å². The van der Waals surface area contributed by atoms with E-state index in [1.54, 1.807) is 5.38 Å². The Bertz CT molecular complexity index is 421. The van der Waals surface area contributed by atoms with Crippen LogP contribution in [0.1, 0.15) is 26.2 Å². The van der Waals surface area contributed by atoms with Crippen molar-refractivity contribution in [2.75, 3.05) is 6.54 Å². The van der Waals surface area contributed by atoms with Gasteiger partial charge in [0.05, 0.1) is 0 Å². The molecule has 4 nitrogen and oxygen atoms in total. The van der Waals surface area contributed by atoms with Crippen molar-refractivity contribution in [2.45, 2.75) is 30.5 Å². The smallest absolute Gasteiger partial charge is 0.233 e. The van der Waals surface area contributed by atoms with Crippen LogP contribution in [0.5, 0.6) is 0 Å². The van der Waals surface area contributed by atoms with Crippen LogP contribution < -0.4 is 4.72 Å². The van der Waals surface area contributed by atoms with Gasteiger partial charge in [-0.2, -0.15) is 0 Å². The van der Waals surface area contributed by atoms with Gasteiger partial charge in [0.15, 0.2) is 0 Å². The van der Waals surface area contributed by atoms with E-state index in [-0.39, 0.29) is 9.75 Å². The summed E-state index contributed by atoms with van der Waals surface area (Å²) in [6, 6.07) is 0.